The molecule has 0 unspecified atom stereocenters. The Kier molecular flexibility index (Phi) is 3.40. The van der Waals surface area contributed by atoms with Gasteiger partial charge in [-0.1, -0.05) is 0 Å². The summed E-state index contributed by atoms with van der Waals surface area (Å²) in [5, 5.41) is 8.95. The number of benzene rings is 2. The van der Waals surface area contributed by atoms with Crippen LogP contribution >= 0.6 is 0 Å². The lowest BCUT2D eigenvalue weighted by Crippen LogP contribution is -2.06. The maximum atomic E-state index is 13.9. The van der Waals surface area contributed by atoms with Gasteiger partial charge in [0.15, 0.2) is 23.1 Å². The van der Waals surface area contributed by atoms with E-state index in [9.17, 15) is 22.4 Å². The van der Waals surface area contributed by atoms with E-state index in [1.807, 2.05) is 0 Å². The molecule has 3 aromatic rings. The van der Waals surface area contributed by atoms with Crippen molar-refractivity contribution in [1.82, 2.24) is 9.55 Å². The Morgan fingerprint density at radius 1 is 1.13 bits per heavy atom. The van der Waals surface area contributed by atoms with Gasteiger partial charge in [0.05, 0.1) is 5.52 Å². The zero-order chi connectivity index (χ0) is 16.7. The Bertz CT molecular complexity index is 939. The van der Waals surface area contributed by atoms with E-state index in [4.69, 9.17) is 9.84 Å². The van der Waals surface area contributed by atoms with E-state index in [1.54, 1.807) is 0 Å². The van der Waals surface area contributed by atoms with Gasteiger partial charge in [0.1, 0.15) is 17.7 Å². The molecule has 118 valence electrons. The molecule has 1 aromatic heterocycles. The molecule has 9 heteroatoms. The van der Waals surface area contributed by atoms with Crippen LogP contribution in [-0.2, 0) is 0 Å². The van der Waals surface area contributed by atoms with Gasteiger partial charge >= 0.3 is 6.09 Å². The van der Waals surface area contributed by atoms with Crippen LogP contribution in [0.25, 0.3) is 11.0 Å². The summed E-state index contributed by atoms with van der Waals surface area (Å²) in [4.78, 5) is 14.6. The van der Waals surface area contributed by atoms with Crippen molar-refractivity contribution in [3.05, 3.63) is 53.9 Å². The van der Waals surface area contributed by atoms with Crippen molar-refractivity contribution in [1.29, 1.82) is 0 Å². The highest BCUT2D eigenvalue weighted by atomic mass is 19.2. The molecule has 23 heavy (non-hydrogen) atoms. The fraction of sp³-hybridized carbons (Fsp3) is 0. The van der Waals surface area contributed by atoms with Crippen molar-refractivity contribution in [3.63, 3.8) is 0 Å². The first-order valence-corrected chi connectivity index (χ1v) is 6.09. The van der Waals surface area contributed by atoms with Crippen molar-refractivity contribution >= 4 is 17.1 Å². The molecule has 1 N–H and O–H groups in total. The molecular formula is C14H6F4N2O3. The third kappa shape index (κ3) is 2.45. The average molecular weight is 326 g/mol. The van der Waals surface area contributed by atoms with E-state index in [1.165, 1.54) is 0 Å². The Balaban J connectivity index is 2.20. The van der Waals surface area contributed by atoms with Crippen molar-refractivity contribution in [2.24, 2.45) is 0 Å². The van der Waals surface area contributed by atoms with E-state index in [0.29, 0.717) is 16.7 Å². The second-order valence-corrected chi connectivity index (χ2v) is 4.44. The first-order chi connectivity index (χ1) is 10.9. The third-order valence-electron chi connectivity index (χ3n) is 3.00. The first-order valence-electron chi connectivity index (χ1n) is 6.09. The van der Waals surface area contributed by atoms with Gasteiger partial charge < -0.3 is 9.84 Å². The molecule has 5 nitrogen and oxygen atoms in total. The van der Waals surface area contributed by atoms with Crippen LogP contribution in [0.5, 0.6) is 11.5 Å². The number of carbonyl (C=O) groups is 1. The molecule has 1 heterocycles. The largest absolute Gasteiger partial charge is 0.464 e. The van der Waals surface area contributed by atoms with Gasteiger partial charge in [-0.15, -0.1) is 0 Å². The van der Waals surface area contributed by atoms with E-state index >= 15 is 0 Å². The maximum Gasteiger partial charge on any atom is 0.417 e. The maximum absolute atomic E-state index is 13.9. The SMILES string of the molecule is O=C(O)n1cnc2c(Oc3ccc(F)cc3F)c(F)c(F)cc21. The summed E-state index contributed by atoms with van der Waals surface area (Å²) in [6.07, 6.45) is -0.655. The molecule has 0 saturated carbocycles. The first kappa shape index (κ1) is 14.8. The normalized spacial score (nSPS) is 11.0. The molecule has 0 fully saturated rings. The van der Waals surface area contributed by atoms with Gasteiger partial charge in [-0.3, -0.25) is 0 Å². The van der Waals surface area contributed by atoms with Crippen molar-refractivity contribution in [2.45, 2.75) is 0 Å². The summed E-state index contributed by atoms with van der Waals surface area (Å²) in [5.74, 6) is -6.27. The van der Waals surface area contributed by atoms with Crippen LogP contribution in [0.3, 0.4) is 0 Å². The Morgan fingerprint density at radius 2 is 1.87 bits per heavy atom. The highest BCUT2D eigenvalue weighted by Crippen LogP contribution is 2.34. The van der Waals surface area contributed by atoms with Crippen LogP contribution in [0.4, 0.5) is 22.4 Å². The molecule has 0 aliphatic rings. The molecule has 0 bridgehead atoms. The van der Waals surface area contributed by atoms with Gasteiger partial charge in [0.25, 0.3) is 0 Å². The van der Waals surface area contributed by atoms with Gasteiger partial charge in [0.2, 0.25) is 5.82 Å². The fourth-order valence-electron chi connectivity index (χ4n) is 1.98. The Hall–Kier alpha value is -3.10. The second kappa shape index (κ2) is 5.27. The Labute approximate surface area is 125 Å². The summed E-state index contributed by atoms with van der Waals surface area (Å²) >= 11 is 0. The lowest BCUT2D eigenvalue weighted by atomic mass is 10.2. The number of nitrogens with zero attached hydrogens (tertiary/aromatic N) is 2. The monoisotopic (exact) mass is 326 g/mol. The number of ether oxygens (including phenoxy) is 1. The molecule has 0 atom stereocenters. The third-order valence-corrected chi connectivity index (χ3v) is 3.00. The predicted octanol–water partition coefficient (Wildman–Crippen LogP) is 3.91. The summed E-state index contributed by atoms with van der Waals surface area (Å²) in [6, 6.07) is 2.87. The van der Waals surface area contributed by atoms with Crippen molar-refractivity contribution in [2.75, 3.05) is 0 Å². The van der Waals surface area contributed by atoms with E-state index < -0.39 is 40.9 Å². The summed E-state index contributed by atoms with van der Waals surface area (Å²) in [6.45, 7) is 0. The number of rotatable bonds is 2. The zero-order valence-electron chi connectivity index (χ0n) is 11.1. The topological polar surface area (TPSA) is 64.3 Å². The van der Waals surface area contributed by atoms with Crippen LogP contribution in [-0.4, -0.2) is 20.8 Å². The molecular weight excluding hydrogens is 320 g/mol. The number of fused-ring (bicyclic) bond motifs is 1. The quantitative estimate of drug-likeness (QED) is 0.725. The minimum Gasteiger partial charge on any atom is -0.464 e. The van der Waals surface area contributed by atoms with E-state index in [0.717, 1.165) is 18.5 Å². The fourth-order valence-corrected chi connectivity index (χ4v) is 1.98. The predicted molar refractivity (Wildman–Crippen MR) is 69.5 cm³/mol. The molecule has 0 saturated heterocycles. The minimum absolute atomic E-state index is 0.283. The van der Waals surface area contributed by atoms with E-state index in [2.05, 4.69) is 4.98 Å². The lowest BCUT2D eigenvalue weighted by molar-refractivity contribution is 0.197. The van der Waals surface area contributed by atoms with E-state index in [-0.39, 0.29) is 11.0 Å². The van der Waals surface area contributed by atoms with Crippen molar-refractivity contribution < 1.29 is 32.2 Å². The highest BCUT2D eigenvalue weighted by Gasteiger charge is 2.22. The summed E-state index contributed by atoms with van der Waals surface area (Å²) in [7, 11) is 0. The van der Waals surface area contributed by atoms with Gasteiger partial charge in [-0.2, -0.15) is 4.39 Å². The molecule has 0 radical (unpaired) electrons. The standard InChI is InChI=1S/C14H6F4N2O3/c15-6-1-2-10(7(16)3-6)23-13-11(18)8(17)4-9-12(13)19-5-20(9)14(21)22/h1-5H,(H,21,22). The molecule has 0 aliphatic heterocycles. The van der Waals surface area contributed by atoms with Crippen LogP contribution in [0.2, 0.25) is 0 Å². The van der Waals surface area contributed by atoms with Gasteiger partial charge in [0, 0.05) is 12.1 Å². The molecule has 0 aliphatic carbocycles. The number of imidazole rings is 1. The number of halogens is 4. The van der Waals surface area contributed by atoms with Crippen LogP contribution in [0.1, 0.15) is 0 Å². The number of hydrogen-bond acceptors (Lipinski definition) is 3. The molecule has 3 rings (SSSR count). The zero-order valence-corrected chi connectivity index (χ0v) is 11.1. The van der Waals surface area contributed by atoms with Crippen LogP contribution in [0, 0.1) is 23.3 Å². The smallest absolute Gasteiger partial charge is 0.417 e. The molecule has 0 spiro atoms. The summed E-state index contributed by atoms with van der Waals surface area (Å²) < 4.78 is 59.6. The second-order valence-electron chi connectivity index (χ2n) is 4.44. The van der Waals surface area contributed by atoms with Crippen LogP contribution in [0.15, 0.2) is 30.6 Å². The average Bonchev–Trinajstić information content (AvgIpc) is 2.89. The number of carboxylic acid groups (broad SMARTS) is 1. The lowest BCUT2D eigenvalue weighted by Gasteiger charge is -2.09. The van der Waals surface area contributed by atoms with Gasteiger partial charge in [-0.25, -0.2) is 27.5 Å². The minimum atomic E-state index is -1.48. The van der Waals surface area contributed by atoms with Crippen molar-refractivity contribution in [3.8, 4) is 11.5 Å². The Morgan fingerprint density at radius 3 is 2.52 bits per heavy atom. The van der Waals surface area contributed by atoms with Crippen LogP contribution < -0.4 is 4.74 Å². The van der Waals surface area contributed by atoms with Gasteiger partial charge in [-0.05, 0) is 12.1 Å². The summed E-state index contributed by atoms with van der Waals surface area (Å²) in [5.41, 5.74) is -0.607. The molecule has 2 aromatic carbocycles. The molecule has 0 amide bonds. The number of aromatic nitrogens is 2. The number of hydrogen-bond donors (Lipinski definition) is 1. The highest BCUT2D eigenvalue weighted by molar-refractivity contribution is 5.89.